The van der Waals surface area contributed by atoms with Crippen LogP contribution >= 0.6 is 39.1 Å². The molecule has 1 unspecified atom stereocenters. The Morgan fingerprint density at radius 3 is 2.48 bits per heavy atom. The SMILES string of the molecule is CCOC(=O)C1CCCCN1S(=O)(=O)c1cnc2n1[C@](C)(Cc1ccc(Br)cc1)C(=O)N2c1cc(Cl)cc(Cl)c1. The van der Waals surface area contributed by atoms with Crippen LogP contribution in [0.25, 0.3) is 0 Å². The minimum Gasteiger partial charge on any atom is -0.465 e. The number of ether oxygens (including phenoxy) is 1. The molecule has 1 saturated heterocycles. The van der Waals surface area contributed by atoms with Crippen LogP contribution in [0.15, 0.2) is 58.2 Å². The largest absolute Gasteiger partial charge is 0.465 e. The lowest BCUT2D eigenvalue weighted by atomic mass is 9.92. The van der Waals surface area contributed by atoms with Gasteiger partial charge in [0, 0.05) is 27.5 Å². The van der Waals surface area contributed by atoms with E-state index in [1.807, 2.05) is 24.3 Å². The van der Waals surface area contributed by atoms with Gasteiger partial charge in [0.05, 0.1) is 18.5 Å². The molecule has 212 valence electrons. The Kier molecular flexibility index (Phi) is 8.06. The highest BCUT2D eigenvalue weighted by atomic mass is 79.9. The van der Waals surface area contributed by atoms with Gasteiger partial charge in [-0.25, -0.2) is 18.3 Å². The van der Waals surface area contributed by atoms with Crippen molar-refractivity contribution < 1.29 is 22.7 Å². The fourth-order valence-electron chi connectivity index (χ4n) is 5.40. The summed E-state index contributed by atoms with van der Waals surface area (Å²) in [5.74, 6) is -0.865. The molecule has 0 radical (unpaired) electrons. The molecule has 2 aromatic carbocycles. The Morgan fingerprint density at radius 2 is 1.82 bits per heavy atom. The van der Waals surface area contributed by atoms with E-state index in [0.29, 0.717) is 35.0 Å². The fraction of sp³-hybridized carbons (Fsp3) is 0.370. The van der Waals surface area contributed by atoms with Crippen molar-refractivity contribution in [1.29, 1.82) is 0 Å². The summed E-state index contributed by atoms with van der Waals surface area (Å²) in [4.78, 5) is 32.8. The van der Waals surface area contributed by atoms with Gasteiger partial charge in [-0.15, -0.1) is 0 Å². The lowest BCUT2D eigenvalue weighted by Gasteiger charge is -2.34. The van der Waals surface area contributed by atoms with E-state index in [-0.39, 0.29) is 30.5 Å². The first kappa shape index (κ1) is 29.1. The van der Waals surface area contributed by atoms with Gasteiger partial charge in [-0.3, -0.25) is 14.2 Å². The van der Waals surface area contributed by atoms with Gasteiger partial charge in [0.15, 0.2) is 5.03 Å². The normalized spacial score (nSPS) is 21.5. The Bertz CT molecular complexity index is 1560. The maximum atomic E-state index is 14.2. The van der Waals surface area contributed by atoms with Crippen LogP contribution in [0.1, 0.15) is 38.7 Å². The van der Waals surface area contributed by atoms with Gasteiger partial charge in [-0.2, -0.15) is 4.31 Å². The second-order valence-electron chi connectivity index (χ2n) is 9.96. The minimum atomic E-state index is -4.28. The molecule has 0 bridgehead atoms. The zero-order chi connectivity index (χ0) is 28.8. The number of amides is 1. The molecule has 2 aliphatic rings. The van der Waals surface area contributed by atoms with Crippen LogP contribution in [0.2, 0.25) is 10.0 Å². The van der Waals surface area contributed by atoms with Gasteiger partial charge >= 0.3 is 5.97 Å². The van der Waals surface area contributed by atoms with Crippen molar-refractivity contribution in [2.45, 2.75) is 56.1 Å². The average molecular weight is 670 g/mol. The van der Waals surface area contributed by atoms with Crippen LogP contribution in [0.4, 0.5) is 11.6 Å². The van der Waals surface area contributed by atoms with Gasteiger partial charge in [0.1, 0.15) is 11.6 Å². The number of rotatable bonds is 7. The molecular weight excluding hydrogens is 643 g/mol. The second kappa shape index (κ2) is 11.1. The van der Waals surface area contributed by atoms with Crippen molar-refractivity contribution in [1.82, 2.24) is 13.9 Å². The van der Waals surface area contributed by atoms with Crippen LogP contribution in [-0.4, -0.2) is 53.3 Å². The Labute approximate surface area is 251 Å². The first-order chi connectivity index (χ1) is 19.0. The number of fused-ring (bicyclic) bond motifs is 1. The molecule has 0 saturated carbocycles. The van der Waals surface area contributed by atoms with E-state index < -0.39 is 33.5 Å². The van der Waals surface area contributed by atoms with E-state index in [0.717, 1.165) is 10.0 Å². The molecule has 0 N–H and O–H groups in total. The topological polar surface area (TPSA) is 102 Å². The van der Waals surface area contributed by atoms with Gasteiger partial charge in [-0.1, -0.05) is 51.3 Å². The molecule has 1 aromatic heterocycles. The van der Waals surface area contributed by atoms with E-state index in [1.165, 1.54) is 20.0 Å². The lowest BCUT2D eigenvalue weighted by Crippen LogP contribution is -2.50. The van der Waals surface area contributed by atoms with Gasteiger partial charge in [-0.05, 0) is 69.0 Å². The first-order valence-corrected chi connectivity index (χ1v) is 15.8. The van der Waals surface area contributed by atoms with Crippen LogP contribution in [0.3, 0.4) is 0 Å². The number of benzene rings is 2. The number of aromatic nitrogens is 2. The van der Waals surface area contributed by atoms with Crippen molar-refractivity contribution in [3.05, 3.63) is 68.7 Å². The Morgan fingerprint density at radius 1 is 1.15 bits per heavy atom. The van der Waals surface area contributed by atoms with Crippen molar-refractivity contribution in [3.8, 4) is 0 Å². The highest BCUT2D eigenvalue weighted by molar-refractivity contribution is 9.10. The molecular formula is C27H27BrCl2N4O5S. The highest BCUT2D eigenvalue weighted by Crippen LogP contribution is 2.45. The van der Waals surface area contributed by atoms with E-state index >= 15 is 0 Å². The lowest BCUT2D eigenvalue weighted by molar-refractivity contribution is -0.148. The number of anilines is 2. The standard InChI is InChI=1S/C27H27BrCl2N4O5S/c1-3-39-24(35)22-6-4-5-11-32(22)40(37,38)23-16-31-26-33(21-13-19(29)12-20(30)14-21)25(36)27(2,34(23)26)15-17-7-9-18(28)10-8-17/h7-10,12-14,16,22H,3-6,11,15H2,1-2H3/t22?,27-/m1/s1. The third-order valence-corrected chi connectivity index (χ3v) is 10.1. The van der Waals surface area contributed by atoms with Crippen LogP contribution in [0.5, 0.6) is 0 Å². The quantitative estimate of drug-likeness (QED) is 0.300. The third kappa shape index (κ3) is 5.07. The third-order valence-electron chi connectivity index (χ3n) is 7.22. The zero-order valence-electron chi connectivity index (χ0n) is 21.8. The van der Waals surface area contributed by atoms with Crippen LogP contribution < -0.4 is 4.90 Å². The summed E-state index contributed by atoms with van der Waals surface area (Å²) in [5.41, 5.74) is -0.206. The highest BCUT2D eigenvalue weighted by Gasteiger charge is 2.53. The number of nitrogens with zero attached hydrogens (tertiary/aromatic N) is 4. The second-order valence-corrected chi connectivity index (χ2v) is 13.6. The number of halogens is 3. The number of carbonyl (C=O) groups is 2. The number of hydrogen-bond donors (Lipinski definition) is 0. The molecule has 2 atom stereocenters. The van der Waals surface area contributed by atoms with E-state index in [2.05, 4.69) is 20.9 Å². The molecule has 9 nitrogen and oxygen atoms in total. The summed E-state index contributed by atoms with van der Waals surface area (Å²) in [6.07, 6.45) is 3.06. The molecule has 0 spiro atoms. The van der Waals surface area contributed by atoms with Crippen molar-refractivity contribution in [2.75, 3.05) is 18.1 Å². The van der Waals surface area contributed by atoms with Crippen LogP contribution in [-0.2, 0) is 36.3 Å². The molecule has 40 heavy (non-hydrogen) atoms. The minimum absolute atomic E-state index is 0.117. The number of imidazole rings is 1. The zero-order valence-corrected chi connectivity index (χ0v) is 25.7. The van der Waals surface area contributed by atoms with E-state index in [4.69, 9.17) is 27.9 Å². The average Bonchev–Trinajstić information content (AvgIpc) is 3.43. The molecule has 3 heterocycles. The summed E-state index contributed by atoms with van der Waals surface area (Å²) in [6, 6.07) is 11.2. The molecule has 5 rings (SSSR count). The molecule has 3 aromatic rings. The number of esters is 1. The van der Waals surface area contributed by atoms with E-state index in [1.54, 1.807) is 32.0 Å². The van der Waals surface area contributed by atoms with Gasteiger partial charge < -0.3 is 4.74 Å². The molecule has 2 aliphatic heterocycles. The molecule has 1 amide bonds. The fourth-order valence-corrected chi connectivity index (χ4v) is 8.02. The molecule has 1 fully saturated rings. The number of sulfonamides is 1. The molecule has 0 aliphatic carbocycles. The summed E-state index contributed by atoms with van der Waals surface area (Å²) in [6.45, 7) is 3.66. The van der Waals surface area contributed by atoms with Crippen LogP contribution in [0, 0.1) is 0 Å². The van der Waals surface area contributed by atoms with Crippen molar-refractivity contribution >= 4 is 72.7 Å². The number of hydrogen-bond acceptors (Lipinski definition) is 6. The van der Waals surface area contributed by atoms with Gasteiger partial charge in [0.2, 0.25) is 5.95 Å². The first-order valence-electron chi connectivity index (χ1n) is 12.8. The van der Waals surface area contributed by atoms with E-state index in [9.17, 15) is 18.0 Å². The summed E-state index contributed by atoms with van der Waals surface area (Å²) < 4.78 is 37.2. The number of carbonyl (C=O) groups excluding carboxylic acids is 2. The summed E-state index contributed by atoms with van der Waals surface area (Å²) in [7, 11) is -4.28. The predicted octanol–water partition coefficient (Wildman–Crippen LogP) is 5.69. The number of piperidine rings is 1. The Balaban J connectivity index is 1.67. The smallest absolute Gasteiger partial charge is 0.324 e. The Hall–Kier alpha value is -2.44. The maximum absolute atomic E-state index is 14.2. The molecule has 13 heteroatoms. The van der Waals surface area contributed by atoms with Crippen molar-refractivity contribution in [2.24, 2.45) is 0 Å². The predicted molar refractivity (Wildman–Crippen MR) is 155 cm³/mol. The summed E-state index contributed by atoms with van der Waals surface area (Å²) in [5, 5.41) is 0.448. The van der Waals surface area contributed by atoms with Crippen molar-refractivity contribution in [3.63, 3.8) is 0 Å². The maximum Gasteiger partial charge on any atom is 0.324 e. The summed E-state index contributed by atoms with van der Waals surface area (Å²) >= 11 is 16.0. The monoisotopic (exact) mass is 668 g/mol. The van der Waals surface area contributed by atoms with Gasteiger partial charge in [0.25, 0.3) is 15.9 Å².